The zero-order valence-electron chi connectivity index (χ0n) is 16.1. The highest BCUT2D eigenvalue weighted by Gasteiger charge is 2.19. The molecule has 2 aliphatic rings. The second-order valence-corrected chi connectivity index (χ2v) is 7.91. The maximum atomic E-state index is 12.3. The first-order valence-corrected chi connectivity index (χ1v) is 10.7. The van der Waals surface area contributed by atoms with Crippen LogP contribution < -0.4 is 20.5 Å². The molecular weight excluding hydrogens is 392 g/mol. The van der Waals surface area contributed by atoms with E-state index in [9.17, 15) is 9.59 Å². The van der Waals surface area contributed by atoms with E-state index in [1.54, 1.807) is 29.6 Å². The minimum absolute atomic E-state index is 0.273. The molecule has 1 saturated carbocycles. The van der Waals surface area contributed by atoms with E-state index in [0.29, 0.717) is 18.8 Å². The van der Waals surface area contributed by atoms with Gasteiger partial charge in [-0.25, -0.2) is 4.98 Å². The van der Waals surface area contributed by atoms with Gasteiger partial charge in [-0.2, -0.15) is 0 Å². The number of carbonyl (C=O) groups excluding carboxylic acids is 2. The number of hydrogen-bond acceptors (Lipinski definition) is 7. The van der Waals surface area contributed by atoms with E-state index >= 15 is 0 Å². The van der Waals surface area contributed by atoms with E-state index in [0.717, 1.165) is 36.8 Å². The average molecular weight is 417 g/mol. The van der Waals surface area contributed by atoms with E-state index in [1.807, 2.05) is 0 Å². The van der Waals surface area contributed by atoms with Crippen LogP contribution in [-0.4, -0.2) is 49.2 Å². The summed E-state index contributed by atoms with van der Waals surface area (Å²) < 4.78 is 11.2. The van der Waals surface area contributed by atoms with Crippen molar-refractivity contribution in [3.8, 4) is 5.75 Å². The number of morpholine rings is 1. The van der Waals surface area contributed by atoms with Gasteiger partial charge in [-0.15, -0.1) is 11.3 Å². The van der Waals surface area contributed by atoms with Crippen molar-refractivity contribution in [1.29, 1.82) is 0 Å². The van der Waals surface area contributed by atoms with Gasteiger partial charge in [0.05, 0.1) is 19.3 Å². The van der Waals surface area contributed by atoms with Crippen molar-refractivity contribution in [1.82, 2.24) is 15.8 Å². The maximum absolute atomic E-state index is 12.3. The lowest BCUT2D eigenvalue weighted by Gasteiger charge is -2.25. The first kappa shape index (κ1) is 19.7. The zero-order valence-corrected chi connectivity index (χ0v) is 16.9. The smallest absolute Gasteiger partial charge is 0.289 e. The lowest BCUT2D eigenvalue weighted by Crippen LogP contribution is -2.41. The van der Waals surface area contributed by atoms with Crippen LogP contribution in [0.1, 0.15) is 46.5 Å². The van der Waals surface area contributed by atoms with Crippen molar-refractivity contribution in [2.24, 2.45) is 0 Å². The number of hydrogen-bond donors (Lipinski definition) is 2. The second-order valence-electron chi connectivity index (χ2n) is 7.07. The molecule has 0 atom stereocenters. The fourth-order valence-electron chi connectivity index (χ4n) is 3.40. The summed E-state index contributed by atoms with van der Waals surface area (Å²) in [6, 6.07) is 6.94. The summed E-state index contributed by atoms with van der Waals surface area (Å²) in [5, 5.41) is 2.46. The summed E-state index contributed by atoms with van der Waals surface area (Å²) in [6.07, 6.45) is 4.85. The Morgan fingerprint density at radius 3 is 2.48 bits per heavy atom. The first-order valence-electron chi connectivity index (χ1n) is 9.85. The van der Waals surface area contributed by atoms with Gasteiger partial charge in [-0.3, -0.25) is 20.4 Å². The van der Waals surface area contributed by atoms with E-state index < -0.39 is 11.8 Å². The topological polar surface area (TPSA) is 92.8 Å². The molecule has 1 aromatic heterocycles. The molecule has 1 aliphatic heterocycles. The number of anilines is 1. The molecule has 2 fully saturated rings. The Bertz CT molecular complexity index is 842. The van der Waals surface area contributed by atoms with Crippen LogP contribution >= 0.6 is 11.3 Å². The number of aromatic nitrogens is 1. The van der Waals surface area contributed by atoms with Crippen LogP contribution in [0.5, 0.6) is 5.75 Å². The molecule has 8 nitrogen and oxygen atoms in total. The molecule has 2 N–H and O–H groups in total. The molecule has 1 aliphatic carbocycles. The molecule has 2 heterocycles. The van der Waals surface area contributed by atoms with Gasteiger partial charge in [0.25, 0.3) is 11.8 Å². The van der Waals surface area contributed by atoms with Crippen molar-refractivity contribution >= 4 is 28.3 Å². The standard InChI is InChI=1S/C20H24N4O4S/c25-18(14-5-7-16(8-6-14)28-15-3-1-2-4-15)22-23-19(26)17-13-29-20(21-17)24-9-11-27-12-10-24/h5-8,13,15H,1-4,9-12H2,(H,22,25)(H,23,26). The summed E-state index contributed by atoms with van der Waals surface area (Å²) in [5.41, 5.74) is 5.56. The number of benzene rings is 1. The molecule has 2 aromatic rings. The number of nitrogens with one attached hydrogen (secondary N) is 2. The number of amides is 2. The van der Waals surface area contributed by atoms with Gasteiger partial charge >= 0.3 is 0 Å². The summed E-state index contributed by atoms with van der Waals surface area (Å²) >= 11 is 1.40. The van der Waals surface area contributed by atoms with Crippen molar-refractivity contribution in [2.45, 2.75) is 31.8 Å². The summed E-state index contributed by atoms with van der Waals surface area (Å²) in [6.45, 7) is 2.82. The molecule has 1 aromatic carbocycles. The van der Waals surface area contributed by atoms with Crippen LogP contribution in [0.4, 0.5) is 5.13 Å². The highest BCUT2D eigenvalue weighted by molar-refractivity contribution is 7.13. The van der Waals surface area contributed by atoms with Gasteiger partial charge in [0, 0.05) is 24.0 Å². The molecule has 9 heteroatoms. The van der Waals surface area contributed by atoms with Gasteiger partial charge in [0.15, 0.2) is 5.13 Å². The van der Waals surface area contributed by atoms with Gasteiger partial charge in [0.1, 0.15) is 11.4 Å². The highest BCUT2D eigenvalue weighted by Crippen LogP contribution is 2.24. The van der Waals surface area contributed by atoms with E-state index in [-0.39, 0.29) is 11.8 Å². The fraction of sp³-hybridized carbons (Fsp3) is 0.450. The molecule has 0 radical (unpaired) electrons. The van der Waals surface area contributed by atoms with Crippen molar-refractivity contribution in [2.75, 3.05) is 31.2 Å². The second kappa shape index (κ2) is 9.23. The molecule has 29 heavy (non-hydrogen) atoms. The van der Waals surface area contributed by atoms with Crippen LogP contribution in [0.2, 0.25) is 0 Å². The normalized spacial score (nSPS) is 17.2. The Morgan fingerprint density at radius 2 is 1.76 bits per heavy atom. The van der Waals surface area contributed by atoms with Crippen molar-refractivity contribution in [3.63, 3.8) is 0 Å². The molecule has 154 valence electrons. The number of carbonyl (C=O) groups is 2. The van der Waals surface area contributed by atoms with E-state index in [1.165, 1.54) is 24.2 Å². The van der Waals surface area contributed by atoms with E-state index in [2.05, 4.69) is 20.7 Å². The number of thiazole rings is 1. The Balaban J connectivity index is 1.27. The monoisotopic (exact) mass is 416 g/mol. The Kier molecular flexibility index (Phi) is 6.26. The zero-order chi connectivity index (χ0) is 20.1. The minimum atomic E-state index is -0.449. The van der Waals surface area contributed by atoms with Crippen LogP contribution in [0.25, 0.3) is 0 Å². The predicted molar refractivity (Wildman–Crippen MR) is 109 cm³/mol. The minimum Gasteiger partial charge on any atom is -0.490 e. The molecule has 0 unspecified atom stereocenters. The quantitative estimate of drug-likeness (QED) is 0.727. The van der Waals surface area contributed by atoms with Gasteiger partial charge in [-0.05, 0) is 49.9 Å². The highest BCUT2D eigenvalue weighted by atomic mass is 32.1. The number of rotatable bonds is 5. The van der Waals surface area contributed by atoms with E-state index in [4.69, 9.17) is 9.47 Å². The lowest BCUT2D eigenvalue weighted by atomic mass is 10.2. The third-order valence-electron chi connectivity index (χ3n) is 5.02. The SMILES string of the molecule is O=C(NNC(=O)c1csc(N2CCOCC2)n1)c1ccc(OC2CCCC2)cc1. The fourth-order valence-corrected chi connectivity index (χ4v) is 4.26. The molecule has 1 saturated heterocycles. The average Bonchev–Trinajstić information content (AvgIpc) is 3.45. The lowest BCUT2D eigenvalue weighted by molar-refractivity contribution is 0.0844. The van der Waals surface area contributed by atoms with Gasteiger partial charge < -0.3 is 14.4 Å². The molecule has 0 bridgehead atoms. The van der Waals surface area contributed by atoms with Crippen LogP contribution in [0.3, 0.4) is 0 Å². The van der Waals surface area contributed by atoms with Gasteiger partial charge in [0.2, 0.25) is 0 Å². The van der Waals surface area contributed by atoms with Crippen molar-refractivity contribution < 1.29 is 19.1 Å². The largest absolute Gasteiger partial charge is 0.490 e. The Hall–Kier alpha value is -2.65. The molecule has 0 spiro atoms. The predicted octanol–water partition coefficient (Wildman–Crippen LogP) is 2.38. The summed E-state index contributed by atoms with van der Waals surface area (Å²) in [7, 11) is 0. The Morgan fingerprint density at radius 1 is 1.07 bits per heavy atom. The summed E-state index contributed by atoms with van der Waals surface area (Å²) in [5.74, 6) is -0.0831. The Labute approximate surface area is 173 Å². The number of hydrazine groups is 1. The number of nitrogens with zero attached hydrogens (tertiary/aromatic N) is 2. The molecular formula is C20H24N4O4S. The van der Waals surface area contributed by atoms with Crippen LogP contribution in [0, 0.1) is 0 Å². The number of ether oxygens (including phenoxy) is 2. The van der Waals surface area contributed by atoms with Gasteiger partial charge in [-0.1, -0.05) is 0 Å². The van der Waals surface area contributed by atoms with Crippen molar-refractivity contribution in [3.05, 3.63) is 40.9 Å². The third kappa shape index (κ3) is 5.04. The maximum Gasteiger partial charge on any atom is 0.289 e. The summed E-state index contributed by atoms with van der Waals surface area (Å²) in [4.78, 5) is 31.0. The van der Waals surface area contributed by atoms with Crippen LogP contribution in [-0.2, 0) is 4.74 Å². The molecule has 4 rings (SSSR count). The first-order chi connectivity index (χ1) is 14.2. The van der Waals surface area contributed by atoms with Crippen LogP contribution in [0.15, 0.2) is 29.6 Å². The molecule has 2 amide bonds. The third-order valence-corrected chi connectivity index (χ3v) is 5.92.